The Morgan fingerprint density at radius 1 is 1.55 bits per heavy atom. The minimum absolute atomic E-state index is 0.0186. The summed E-state index contributed by atoms with van der Waals surface area (Å²) < 4.78 is 17.1. The van der Waals surface area contributed by atoms with E-state index in [1.807, 2.05) is 0 Å². The van der Waals surface area contributed by atoms with Crippen LogP contribution in [-0.2, 0) is 9.30 Å². The minimum Gasteiger partial charge on any atom is -0.366 e. The molecule has 11 heavy (non-hydrogen) atoms. The number of hydrogen-bond donors (Lipinski definition) is 0. The maximum Gasteiger partial charge on any atom is 0.110 e. The van der Waals surface area contributed by atoms with Crippen LogP contribution in [0.3, 0.4) is 0 Å². The van der Waals surface area contributed by atoms with Crippen LogP contribution in [-0.4, -0.2) is 30.6 Å². The van der Waals surface area contributed by atoms with E-state index in [0.29, 0.717) is 0 Å². The second-order valence-electron chi connectivity index (χ2n) is 3.38. The summed E-state index contributed by atoms with van der Waals surface area (Å²) >= 11 is 3.36. The molecule has 0 saturated carbocycles. The fourth-order valence-corrected chi connectivity index (χ4v) is 2.97. The van der Waals surface area contributed by atoms with E-state index in [9.17, 15) is 4.57 Å². The molecule has 0 aliphatic carbocycles. The highest BCUT2D eigenvalue weighted by atomic mass is 79.9. The molecule has 1 aliphatic rings. The fraction of sp³-hybridized carbons (Fsp3) is 1.00. The molecule has 0 unspecified atom stereocenters. The summed E-state index contributed by atoms with van der Waals surface area (Å²) in [6, 6.07) is 0. The lowest BCUT2D eigenvalue weighted by Gasteiger charge is -2.15. The average molecular weight is 241 g/mol. The molecule has 0 aromatic rings. The number of ether oxygens (including phenoxy) is 1. The first-order valence-corrected chi connectivity index (χ1v) is 7.59. The first-order valence-electron chi connectivity index (χ1n) is 3.80. The van der Waals surface area contributed by atoms with Crippen LogP contribution in [0.15, 0.2) is 0 Å². The molecule has 0 bridgehead atoms. The molecule has 0 spiro atoms. The highest BCUT2D eigenvalue weighted by Gasteiger charge is 2.32. The standard InChI is InChI=1S/C7H14BrO2P/c1-11(2,9)7-4-3-6(5-8)10-7/h6-7H,3-5H2,1-2H3/t6-,7+/m1/s1. The molecule has 0 aromatic carbocycles. The van der Waals surface area contributed by atoms with Gasteiger partial charge in [-0.2, -0.15) is 0 Å². The van der Waals surface area contributed by atoms with Crippen molar-refractivity contribution in [2.45, 2.75) is 24.8 Å². The van der Waals surface area contributed by atoms with E-state index in [1.165, 1.54) is 0 Å². The lowest BCUT2D eigenvalue weighted by Crippen LogP contribution is -2.11. The Kier molecular flexibility index (Phi) is 3.18. The molecule has 0 radical (unpaired) electrons. The Labute approximate surface area is 76.2 Å². The highest BCUT2D eigenvalue weighted by molar-refractivity contribution is 9.09. The molecule has 66 valence electrons. The lowest BCUT2D eigenvalue weighted by molar-refractivity contribution is 0.103. The van der Waals surface area contributed by atoms with Crippen molar-refractivity contribution in [1.82, 2.24) is 0 Å². The van der Waals surface area contributed by atoms with Crippen molar-refractivity contribution in [3.8, 4) is 0 Å². The Bertz CT molecular complexity index is 177. The number of hydrogen-bond acceptors (Lipinski definition) is 2. The lowest BCUT2D eigenvalue weighted by atomic mass is 10.3. The van der Waals surface area contributed by atoms with Gasteiger partial charge in [-0.15, -0.1) is 0 Å². The maximum atomic E-state index is 11.5. The maximum absolute atomic E-state index is 11.5. The summed E-state index contributed by atoms with van der Waals surface area (Å²) in [5.74, 6) is 0.0186. The van der Waals surface area contributed by atoms with Gasteiger partial charge in [0.05, 0.1) is 6.10 Å². The van der Waals surface area contributed by atoms with Gasteiger partial charge in [0.2, 0.25) is 0 Å². The predicted octanol–water partition coefficient (Wildman–Crippen LogP) is 2.51. The predicted molar refractivity (Wildman–Crippen MR) is 51.1 cm³/mol. The Hall–Kier alpha value is 0.670. The Morgan fingerprint density at radius 2 is 2.18 bits per heavy atom. The number of alkyl halides is 1. The number of rotatable bonds is 2. The van der Waals surface area contributed by atoms with Crippen LogP contribution in [0.25, 0.3) is 0 Å². The third-order valence-corrected chi connectivity index (χ3v) is 4.44. The molecule has 1 heterocycles. The van der Waals surface area contributed by atoms with Crippen molar-refractivity contribution in [3.05, 3.63) is 0 Å². The van der Waals surface area contributed by atoms with E-state index in [1.54, 1.807) is 13.3 Å². The van der Waals surface area contributed by atoms with Gasteiger partial charge in [-0.05, 0) is 26.2 Å². The van der Waals surface area contributed by atoms with Crippen molar-refractivity contribution >= 4 is 23.1 Å². The summed E-state index contributed by atoms with van der Waals surface area (Å²) in [5, 5.41) is 0.865. The van der Waals surface area contributed by atoms with E-state index in [2.05, 4.69) is 15.9 Å². The van der Waals surface area contributed by atoms with Gasteiger partial charge in [0.15, 0.2) is 0 Å². The molecule has 2 atom stereocenters. The zero-order valence-corrected chi connectivity index (χ0v) is 9.40. The SMILES string of the molecule is CP(C)(=O)[C@H]1CC[C@H](CBr)O1. The molecule has 0 N–H and O–H groups in total. The van der Waals surface area contributed by atoms with Crippen molar-refractivity contribution < 1.29 is 9.30 Å². The van der Waals surface area contributed by atoms with Gasteiger partial charge in [-0.25, -0.2) is 0 Å². The Balaban J connectivity index is 2.48. The summed E-state index contributed by atoms with van der Waals surface area (Å²) in [6.07, 6.45) is 2.29. The normalized spacial score (nSPS) is 32.6. The molecule has 1 saturated heterocycles. The summed E-state index contributed by atoms with van der Waals surface area (Å²) in [5.41, 5.74) is 0. The smallest absolute Gasteiger partial charge is 0.110 e. The Morgan fingerprint density at radius 3 is 2.45 bits per heavy atom. The molecule has 1 rings (SSSR count). The topological polar surface area (TPSA) is 26.3 Å². The van der Waals surface area contributed by atoms with E-state index >= 15 is 0 Å². The van der Waals surface area contributed by atoms with Gasteiger partial charge < -0.3 is 9.30 Å². The zero-order valence-electron chi connectivity index (χ0n) is 6.92. The third kappa shape index (κ3) is 2.57. The molecular formula is C7H14BrO2P. The summed E-state index contributed by atoms with van der Waals surface area (Å²) in [6.45, 7) is 3.60. The van der Waals surface area contributed by atoms with Gasteiger partial charge in [-0.1, -0.05) is 15.9 Å². The largest absolute Gasteiger partial charge is 0.366 e. The van der Waals surface area contributed by atoms with Crippen molar-refractivity contribution in [2.24, 2.45) is 0 Å². The van der Waals surface area contributed by atoms with Crippen molar-refractivity contribution in [1.29, 1.82) is 0 Å². The van der Waals surface area contributed by atoms with Crippen LogP contribution in [0.1, 0.15) is 12.8 Å². The van der Waals surface area contributed by atoms with Crippen LogP contribution >= 0.6 is 23.1 Å². The van der Waals surface area contributed by atoms with E-state index in [0.717, 1.165) is 18.2 Å². The molecule has 0 amide bonds. The minimum atomic E-state index is -2.01. The van der Waals surface area contributed by atoms with E-state index in [4.69, 9.17) is 4.74 Å². The summed E-state index contributed by atoms with van der Waals surface area (Å²) in [7, 11) is -2.01. The first kappa shape index (κ1) is 9.76. The van der Waals surface area contributed by atoms with Crippen LogP contribution in [0.2, 0.25) is 0 Å². The second-order valence-corrected chi connectivity index (χ2v) is 7.47. The van der Waals surface area contributed by atoms with Crippen molar-refractivity contribution in [3.63, 3.8) is 0 Å². The van der Waals surface area contributed by atoms with Gasteiger partial charge >= 0.3 is 0 Å². The third-order valence-electron chi connectivity index (χ3n) is 1.95. The average Bonchev–Trinajstić information content (AvgIpc) is 2.32. The zero-order chi connectivity index (χ0) is 8.48. The van der Waals surface area contributed by atoms with Crippen LogP contribution in [0, 0.1) is 0 Å². The molecular weight excluding hydrogens is 227 g/mol. The van der Waals surface area contributed by atoms with Gasteiger partial charge in [0.1, 0.15) is 13.0 Å². The van der Waals surface area contributed by atoms with Gasteiger partial charge in [-0.3, -0.25) is 0 Å². The molecule has 1 fully saturated rings. The van der Waals surface area contributed by atoms with Crippen molar-refractivity contribution in [2.75, 3.05) is 18.7 Å². The highest BCUT2D eigenvalue weighted by Crippen LogP contribution is 2.48. The molecule has 0 aromatic heterocycles. The summed E-state index contributed by atoms with van der Waals surface area (Å²) in [4.78, 5) is 0. The van der Waals surface area contributed by atoms with Crippen LogP contribution in [0.5, 0.6) is 0 Å². The molecule has 2 nitrogen and oxygen atoms in total. The van der Waals surface area contributed by atoms with Crippen LogP contribution < -0.4 is 0 Å². The molecule has 4 heteroatoms. The molecule has 1 aliphatic heterocycles. The number of halogens is 1. The van der Waals surface area contributed by atoms with Crippen LogP contribution in [0.4, 0.5) is 0 Å². The van der Waals surface area contributed by atoms with E-state index in [-0.39, 0.29) is 11.9 Å². The first-order chi connectivity index (χ1) is 5.04. The monoisotopic (exact) mass is 240 g/mol. The quantitative estimate of drug-likeness (QED) is 0.548. The van der Waals surface area contributed by atoms with E-state index < -0.39 is 7.14 Å². The second kappa shape index (κ2) is 3.59. The van der Waals surface area contributed by atoms with Gasteiger partial charge in [0, 0.05) is 5.33 Å². The fourth-order valence-electron chi connectivity index (χ4n) is 1.26. The van der Waals surface area contributed by atoms with Gasteiger partial charge in [0.25, 0.3) is 0 Å².